The van der Waals surface area contributed by atoms with Crippen molar-refractivity contribution in [1.29, 1.82) is 0 Å². The Kier molecular flexibility index (Phi) is 7.11. The molecule has 11 rings (SSSR count). The predicted octanol–water partition coefficient (Wildman–Crippen LogP) is 14.1. The summed E-state index contributed by atoms with van der Waals surface area (Å²) >= 11 is 0. The number of nitrogens with zero attached hydrogens (tertiary/aromatic N) is 1. The molecular weight excluding hydrogens is 667 g/mol. The van der Waals surface area contributed by atoms with Gasteiger partial charge in [-0.15, -0.1) is 0 Å². The number of anilines is 3. The second-order valence-electron chi connectivity index (χ2n) is 14.4. The van der Waals surface area contributed by atoms with Crippen LogP contribution in [0, 0.1) is 0 Å². The van der Waals surface area contributed by atoms with Crippen LogP contribution in [0.1, 0.15) is 22.3 Å². The molecule has 2 nitrogen and oxygen atoms in total. The molecule has 258 valence electrons. The summed E-state index contributed by atoms with van der Waals surface area (Å²) in [4.78, 5) is 2.43. The van der Waals surface area contributed by atoms with Gasteiger partial charge in [0.25, 0.3) is 0 Å². The molecular formula is C53H35NO. The molecule has 0 amide bonds. The molecule has 1 aliphatic carbocycles. The van der Waals surface area contributed by atoms with Gasteiger partial charge in [-0.2, -0.15) is 0 Å². The monoisotopic (exact) mass is 701 g/mol. The van der Waals surface area contributed by atoms with Gasteiger partial charge in [-0.1, -0.05) is 170 Å². The first-order chi connectivity index (χ1) is 27.3. The van der Waals surface area contributed by atoms with E-state index in [2.05, 4.69) is 217 Å². The van der Waals surface area contributed by atoms with Crippen molar-refractivity contribution in [1.82, 2.24) is 0 Å². The fourth-order valence-electron chi connectivity index (χ4n) is 9.18. The smallest absolute Gasteiger partial charge is 0.132 e. The lowest BCUT2D eigenvalue weighted by Gasteiger charge is -2.39. The first-order valence-corrected chi connectivity index (χ1v) is 18.9. The average Bonchev–Trinajstić information content (AvgIpc) is 3.54. The van der Waals surface area contributed by atoms with Crippen LogP contribution in [0.2, 0.25) is 0 Å². The van der Waals surface area contributed by atoms with E-state index in [1.807, 2.05) is 0 Å². The Morgan fingerprint density at radius 2 is 0.891 bits per heavy atom. The molecule has 0 saturated carbocycles. The topological polar surface area (TPSA) is 12.5 Å². The van der Waals surface area contributed by atoms with E-state index >= 15 is 0 Å². The normalized spacial score (nSPS) is 13.0. The zero-order valence-corrected chi connectivity index (χ0v) is 30.1. The molecule has 2 aliphatic rings. The van der Waals surface area contributed by atoms with Crippen molar-refractivity contribution >= 4 is 27.8 Å². The molecule has 0 atom stereocenters. The standard InChI is InChI=1S/C53H35NO/c1-2-15-36(16-3-1)37-29-32-40(33-30-37)54(50-26-14-18-38-17-4-5-19-41(38)50)49-25-11-7-20-42(49)39-31-34-44-43-21-6-8-22-45(43)53(48(44)35-39)46-23-9-12-27-51(46)55-52-28-13-10-24-47(52)53/h1-35H. The minimum atomic E-state index is -0.537. The van der Waals surface area contributed by atoms with Crippen LogP contribution in [0.25, 0.3) is 44.2 Å². The van der Waals surface area contributed by atoms with Crippen LogP contribution in [0.5, 0.6) is 11.5 Å². The van der Waals surface area contributed by atoms with Gasteiger partial charge in [0.15, 0.2) is 0 Å². The van der Waals surface area contributed by atoms with Crippen LogP contribution in [0.15, 0.2) is 212 Å². The van der Waals surface area contributed by atoms with Crippen molar-refractivity contribution in [3.63, 3.8) is 0 Å². The summed E-state index contributed by atoms with van der Waals surface area (Å²) in [7, 11) is 0. The number of benzene rings is 9. The van der Waals surface area contributed by atoms with Crippen molar-refractivity contribution in [2.24, 2.45) is 0 Å². The van der Waals surface area contributed by atoms with E-state index in [4.69, 9.17) is 4.74 Å². The Hall–Kier alpha value is -7.16. The molecule has 0 aromatic heterocycles. The number of ether oxygens (including phenoxy) is 1. The summed E-state index contributed by atoms with van der Waals surface area (Å²) in [6.07, 6.45) is 0. The van der Waals surface area contributed by atoms with E-state index in [0.717, 1.165) is 39.7 Å². The Morgan fingerprint density at radius 3 is 1.67 bits per heavy atom. The lowest BCUT2D eigenvalue weighted by molar-refractivity contribution is 0.436. The van der Waals surface area contributed by atoms with Gasteiger partial charge in [-0.05, 0) is 86.8 Å². The van der Waals surface area contributed by atoms with Crippen LogP contribution < -0.4 is 9.64 Å². The summed E-state index contributed by atoms with van der Waals surface area (Å²) in [6, 6.07) is 76.9. The lowest BCUT2D eigenvalue weighted by Crippen LogP contribution is -2.32. The molecule has 9 aromatic rings. The third kappa shape index (κ3) is 4.75. The van der Waals surface area contributed by atoms with Gasteiger partial charge in [0.1, 0.15) is 11.5 Å². The van der Waals surface area contributed by atoms with Crippen LogP contribution >= 0.6 is 0 Å². The maximum Gasteiger partial charge on any atom is 0.132 e. The zero-order valence-electron chi connectivity index (χ0n) is 30.1. The third-order valence-corrected chi connectivity index (χ3v) is 11.5. The minimum absolute atomic E-state index is 0.537. The van der Waals surface area contributed by atoms with E-state index < -0.39 is 5.41 Å². The van der Waals surface area contributed by atoms with Gasteiger partial charge in [0.2, 0.25) is 0 Å². The van der Waals surface area contributed by atoms with Crippen molar-refractivity contribution in [3.8, 4) is 44.9 Å². The maximum atomic E-state index is 6.62. The highest BCUT2D eigenvalue weighted by molar-refractivity contribution is 6.01. The third-order valence-electron chi connectivity index (χ3n) is 11.5. The van der Waals surface area contributed by atoms with E-state index in [1.54, 1.807) is 0 Å². The number of hydrogen-bond acceptors (Lipinski definition) is 2. The predicted molar refractivity (Wildman–Crippen MR) is 227 cm³/mol. The Balaban J connectivity index is 1.15. The average molecular weight is 702 g/mol. The number of rotatable bonds is 5. The zero-order chi connectivity index (χ0) is 36.3. The van der Waals surface area contributed by atoms with E-state index in [-0.39, 0.29) is 0 Å². The van der Waals surface area contributed by atoms with Gasteiger partial charge >= 0.3 is 0 Å². The largest absolute Gasteiger partial charge is 0.457 e. The fraction of sp³-hybridized carbons (Fsp3) is 0.0189. The molecule has 0 saturated heterocycles. The van der Waals surface area contributed by atoms with Crippen molar-refractivity contribution in [2.75, 3.05) is 4.90 Å². The van der Waals surface area contributed by atoms with Gasteiger partial charge in [-0.25, -0.2) is 0 Å². The number of para-hydroxylation sites is 3. The van der Waals surface area contributed by atoms with Crippen LogP contribution in [-0.4, -0.2) is 0 Å². The highest BCUT2D eigenvalue weighted by Crippen LogP contribution is 2.62. The van der Waals surface area contributed by atoms with Crippen molar-refractivity contribution < 1.29 is 4.74 Å². The number of fused-ring (bicyclic) bond motifs is 10. The minimum Gasteiger partial charge on any atom is -0.457 e. The molecule has 0 fully saturated rings. The fourth-order valence-corrected chi connectivity index (χ4v) is 9.18. The Morgan fingerprint density at radius 1 is 0.345 bits per heavy atom. The van der Waals surface area contributed by atoms with Gasteiger partial charge < -0.3 is 9.64 Å². The van der Waals surface area contributed by atoms with Crippen LogP contribution in [0.3, 0.4) is 0 Å². The van der Waals surface area contributed by atoms with Crippen LogP contribution in [-0.2, 0) is 5.41 Å². The quantitative estimate of drug-likeness (QED) is 0.177. The first kappa shape index (κ1) is 31.4. The summed E-state index contributed by atoms with van der Waals surface area (Å²) in [5, 5.41) is 2.41. The summed E-state index contributed by atoms with van der Waals surface area (Å²) < 4.78 is 6.62. The molecule has 0 N–H and O–H groups in total. The molecule has 0 bridgehead atoms. The molecule has 1 spiro atoms. The highest BCUT2D eigenvalue weighted by atomic mass is 16.5. The van der Waals surface area contributed by atoms with Crippen molar-refractivity contribution in [3.05, 3.63) is 235 Å². The van der Waals surface area contributed by atoms with Crippen molar-refractivity contribution in [2.45, 2.75) is 5.41 Å². The maximum absolute atomic E-state index is 6.62. The lowest BCUT2D eigenvalue weighted by atomic mass is 9.66. The summed E-state index contributed by atoms with van der Waals surface area (Å²) in [5.41, 5.74) is 14.9. The highest BCUT2D eigenvalue weighted by Gasteiger charge is 2.51. The Labute approximate surface area is 321 Å². The molecule has 1 heterocycles. The molecule has 9 aromatic carbocycles. The van der Waals surface area contributed by atoms with E-state index in [0.29, 0.717) is 0 Å². The SMILES string of the molecule is c1ccc(-c2ccc(N(c3ccccc3-c3ccc4c(c3)C3(c5ccccc5Oc5ccccc53)c3ccccc3-4)c3cccc4ccccc34)cc2)cc1. The molecule has 1 aliphatic heterocycles. The van der Waals surface area contributed by atoms with E-state index in [9.17, 15) is 0 Å². The Bertz CT molecular complexity index is 2860. The first-order valence-electron chi connectivity index (χ1n) is 18.9. The summed E-state index contributed by atoms with van der Waals surface area (Å²) in [6.45, 7) is 0. The van der Waals surface area contributed by atoms with Gasteiger partial charge in [0.05, 0.1) is 16.8 Å². The second kappa shape index (κ2) is 12.5. The molecule has 2 heteroatoms. The molecule has 0 radical (unpaired) electrons. The van der Waals surface area contributed by atoms with Gasteiger partial charge in [-0.3, -0.25) is 0 Å². The summed E-state index contributed by atoms with van der Waals surface area (Å²) in [5.74, 6) is 1.80. The second-order valence-corrected chi connectivity index (χ2v) is 14.4. The van der Waals surface area contributed by atoms with Crippen LogP contribution in [0.4, 0.5) is 17.1 Å². The molecule has 55 heavy (non-hydrogen) atoms. The number of hydrogen-bond donors (Lipinski definition) is 0. The van der Waals surface area contributed by atoms with E-state index in [1.165, 1.54) is 55.3 Å². The van der Waals surface area contributed by atoms with Gasteiger partial charge in [0, 0.05) is 27.8 Å². The molecule has 0 unspecified atom stereocenters.